The molecule has 1 saturated carbocycles. The topological polar surface area (TPSA) is 130 Å². The van der Waals surface area contributed by atoms with Gasteiger partial charge in [-0.1, -0.05) is 6.07 Å². The summed E-state index contributed by atoms with van der Waals surface area (Å²) < 4.78 is 5.98. The number of aromatic nitrogens is 2. The summed E-state index contributed by atoms with van der Waals surface area (Å²) in [4.78, 5) is 15.5. The Labute approximate surface area is 192 Å². The van der Waals surface area contributed by atoms with Crippen molar-refractivity contribution in [3.63, 3.8) is 0 Å². The zero-order valence-electron chi connectivity index (χ0n) is 18.6. The van der Waals surface area contributed by atoms with E-state index in [1.54, 1.807) is 25.5 Å². The third-order valence-electron chi connectivity index (χ3n) is 6.13. The van der Waals surface area contributed by atoms with Gasteiger partial charge in [0.15, 0.2) is 5.89 Å². The number of hydrogen-bond acceptors (Lipinski definition) is 8. The highest BCUT2D eigenvalue weighted by molar-refractivity contribution is 6.16. The summed E-state index contributed by atoms with van der Waals surface area (Å²) in [7, 11) is 1.69. The Morgan fingerprint density at radius 3 is 2.85 bits per heavy atom. The van der Waals surface area contributed by atoms with Gasteiger partial charge in [-0.3, -0.25) is 10.4 Å². The van der Waals surface area contributed by atoms with Gasteiger partial charge < -0.3 is 20.8 Å². The molecule has 1 aromatic carbocycles. The third kappa shape index (κ3) is 4.11. The second kappa shape index (κ2) is 8.54. The summed E-state index contributed by atoms with van der Waals surface area (Å²) in [5.41, 5.74) is 16.9. The molecule has 2 aliphatic rings. The zero-order valence-corrected chi connectivity index (χ0v) is 18.6. The maximum Gasteiger partial charge on any atom is 0.197 e. The zero-order chi connectivity index (χ0) is 22.9. The van der Waals surface area contributed by atoms with Gasteiger partial charge in [-0.15, -0.1) is 0 Å². The lowest BCUT2D eigenvalue weighted by Gasteiger charge is -2.26. The van der Waals surface area contributed by atoms with Crippen LogP contribution in [0.5, 0.6) is 0 Å². The second-order valence-electron chi connectivity index (χ2n) is 8.46. The number of benzene rings is 1. The summed E-state index contributed by atoms with van der Waals surface area (Å²) in [5.74, 6) is 3.21. The van der Waals surface area contributed by atoms with Crippen molar-refractivity contribution in [1.29, 1.82) is 5.41 Å². The molecular weight excluding hydrogens is 414 g/mol. The molecule has 0 spiro atoms. The van der Waals surface area contributed by atoms with Gasteiger partial charge in [0.2, 0.25) is 0 Å². The van der Waals surface area contributed by atoms with Crippen LogP contribution in [0.1, 0.15) is 52.8 Å². The molecule has 0 unspecified atom stereocenters. The molecule has 0 bridgehead atoms. The fourth-order valence-electron chi connectivity index (χ4n) is 4.13. The molecule has 0 atom stereocenters. The SMILES string of the molecule is CN=CC(=CN)c1ccc(N)c(C(=N)c2ccnc(N3CCc4oc(C5CC5)nc4C3)c2)c1. The Morgan fingerprint density at radius 2 is 2.09 bits per heavy atom. The maximum absolute atomic E-state index is 8.86. The van der Waals surface area contributed by atoms with E-state index in [-0.39, 0.29) is 0 Å². The van der Waals surface area contributed by atoms with Crippen molar-refractivity contribution in [2.24, 2.45) is 10.7 Å². The Kier molecular flexibility index (Phi) is 5.42. The monoisotopic (exact) mass is 441 g/mol. The van der Waals surface area contributed by atoms with Crippen LogP contribution in [0.4, 0.5) is 11.5 Å². The first-order valence-electron chi connectivity index (χ1n) is 11.1. The Morgan fingerprint density at radius 1 is 1.24 bits per heavy atom. The number of fused-ring (bicyclic) bond motifs is 1. The molecular formula is C25H27N7O. The van der Waals surface area contributed by atoms with Crippen LogP contribution in [0.25, 0.3) is 5.57 Å². The molecule has 0 radical (unpaired) electrons. The van der Waals surface area contributed by atoms with Crippen molar-refractivity contribution in [1.82, 2.24) is 9.97 Å². The van der Waals surface area contributed by atoms with Crippen molar-refractivity contribution < 1.29 is 4.42 Å². The van der Waals surface area contributed by atoms with E-state index in [1.807, 2.05) is 24.3 Å². The normalized spacial score (nSPS) is 16.3. The van der Waals surface area contributed by atoms with Crippen LogP contribution in [-0.2, 0) is 13.0 Å². The first-order valence-corrected chi connectivity index (χ1v) is 11.1. The van der Waals surface area contributed by atoms with Crippen LogP contribution in [-0.4, -0.2) is 35.5 Å². The van der Waals surface area contributed by atoms with Crippen molar-refractivity contribution in [2.75, 3.05) is 24.2 Å². The average Bonchev–Trinajstić information content (AvgIpc) is 3.61. The number of nitrogen functional groups attached to an aromatic ring is 1. The molecule has 1 fully saturated rings. The maximum atomic E-state index is 8.86. The minimum absolute atomic E-state index is 0.331. The van der Waals surface area contributed by atoms with Crippen molar-refractivity contribution in [3.05, 3.63) is 76.8 Å². The first-order chi connectivity index (χ1) is 16.1. The van der Waals surface area contributed by atoms with E-state index in [4.69, 9.17) is 26.3 Å². The molecule has 5 rings (SSSR count). The first kappa shape index (κ1) is 20.9. The van der Waals surface area contributed by atoms with Crippen LogP contribution in [0.15, 0.2) is 52.1 Å². The smallest absolute Gasteiger partial charge is 0.197 e. The number of nitrogens with one attached hydrogen (secondary N) is 1. The molecule has 0 amide bonds. The number of aliphatic imine (C=N–C) groups is 1. The van der Waals surface area contributed by atoms with E-state index in [9.17, 15) is 0 Å². The molecule has 1 aliphatic heterocycles. The number of oxazole rings is 1. The fourth-order valence-corrected chi connectivity index (χ4v) is 4.13. The number of nitrogens with zero attached hydrogens (tertiary/aromatic N) is 4. The van der Waals surface area contributed by atoms with Crippen LogP contribution in [0.3, 0.4) is 0 Å². The number of pyridine rings is 1. The highest BCUT2D eigenvalue weighted by Crippen LogP contribution is 2.41. The summed E-state index contributed by atoms with van der Waals surface area (Å²) in [5, 5.41) is 8.86. The molecule has 168 valence electrons. The quantitative estimate of drug-likeness (QED) is 0.396. The standard InChI is InChI=1S/C25H27N7O/c1-29-13-18(12-26)16-4-5-20(27)19(10-16)24(28)17-6-8-30-23(11-17)32-9-7-22-21(14-32)31-25(33-22)15-2-3-15/h4-6,8,10-13,15,28H,2-3,7,9,14,26-27H2,1H3. The minimum atomic E-state index is 0.331. The Hall–Kier alpha value is -3.94. The van der Waals surface area contributed by atoms with E-state index < -0.39 is 0 Å². The van der Waals surface area contributed by atoms with E-state index in [0.717, 1.165) is 52.8 Å². The second-order valence-corrected chi connectivity index (χ2v) is 8.46. The van der Waals surface area contributed by atoms with Gasteiger partial charge in [0.1, 0.15) is 17.3 Å². The third-order valence-corrected chi connectivity index (χ3v) is 6.13. The summed E-state index contributed by atoms with van der Waals surface area (Å²) >= 11 is 0. The number of hydrogen-bond donors (Lipinski definition) is 3. The minimum Gasteiger partial charge on any atom is -0.445 e. The lowest BCUT2D eigenvalue weighted by atomic mass is 9.97. The van der Waals surface area contributed by atoms with Crippen molar-refractivity contribution in [3.8, 4) is 0 Å². The number of nitrogens with two attached hydrogens (primary N) is 2. The van der Waals surface area contributed by atoms with E-state index in [2.05, 4.69) is 14.9 Å². The van der Waals surface area contributed by atoms with E-state index in [1.165, 1.54) is 19.0 Å². The van der Waals surface area contributed by atoms with Gasteiger partial charge in [0.25, 0.3) is 0 Å². The van der Waals surface area contributed by atoms with Crippen molar-refractivity contribution >= 4 is 29.0 Å². The molecule has 0 saturated heterocycles. The number of anilines is 2. The molecule has 1 aliphatic carbocycles. The fraction of sp³-hybridized carbons (Fsp3) is 0.280. The predicted octanol–water partition coefficient (Wildman–Crippen LogP) is 3.51. The highest BCUT2D eigenvalue weighted by Gasteiger charge is 2.32. The van der Waals surface area contributed by atoms with Gasteiger partial charge >= 0.3 is 0 Å². The van der Waals surface area contributed by atoms with Crippen LogP contribution < -0.4 is 16.4 Å². The largest absolute Gasteiger partial charge is 0.445 e. The van der Waals surface area contributed by atoms with Gasteiger partial charge in [0, 0.05) is 66.9 Å². The molecule has 2 aromatic heterocycles. The van der Waals surface area contributed by atoms with Gasteiger partial charge in [-0.2, -0.15) is 0 Å². The molecule has 8 heteroatoms. The van der Waals surface area contributed by atoms with Gasteiger partial charge in [0.05, 0.1) is 12.3 Å². The summed E-state index contributed by atoms with van der Waals surface area (Å²) in [6, 6.07) is 9.32. The van der Waals surface area contributed by atoms with Gasteiger partial charge in [-0.05, 0) is 42.7 Å². The number of allylic oxidation sites excluding steroid dienone is 1. The Balaban J connectivity index is 1.41. The summed E-state index contributed by atoms with van der Waals surface area (Å²) in [6.07, 6.45) is 8.08. The van der Waals surface area contributed by atoms with Crippen LogP contribution in [0, 0.1) is 5.41 Å². The lowest BCUT2D eigenvalue weighted by Crippen LogP contribution is -2.30. The number of rotatable bonds is 6. The van der Waals surface area contributed by atoms with Crippen LogP contribution in [0.2, 0.25) is 0 Å². The Bertz CT molecular complexity index is 1270. The molecule has 8 nitrogen and oxygen atoms in total. The van der Waals surface area contributed by atoms with E-state index in [0.29, 0.717) is 29.4 Å². The average molecular weight is 442 g/mol. The lowest BCUT2D eigenvalue weighted by molar-refractivity contribution is 0.447. The van der Waals surface area contributed by atoms with Crippen molar-refractivity contribution in [2.45, 2.75) is 31.7 Å². The van der Waals surface area contributed by atoms with Crippen LogP contribution >= 0.6 is 0 Å². The van der Waals surface area contributed by atoms with E-state index >= 15 is 0 Å². The molecule has 33 heavy (non-hydrogen) atoms. The highest BCUT2D eigenvalue weighted by atomic mass is 16.4. The molecule has 3 aromatic rings. The van der Waals surface area contributed by atoms with Gasteiger partial charge in [-0.25, -0.2) is 9.97 Å². The molecule has 5 N–H and O–H groups in total. The summed E-state index contributed by atoms with van der Waals surface area (Å²) in [6.45, 7) is 1.46. The molecule has 3 heterocycles. The predicted molar refractivity (Wildman–Crippen MR) is 131 cm³/mol.